The first-order chi connectivity index (χ1) is 11.4. The summed E-state index contributed by atoms with van der Waals surface area (Å²) in [5, 5.41) is 29.9. The van der Waals surface area contributed by atoms with E-state index in [0.29, 0.717) is 11.3 Å². The molecule has 138 valence electrons. The fourth-order valence-electron chi connectivity index (χ4n) is 8.04. The van der Waals surface area contributed by atoms with Gasteiger partial charge in [-0.25, -0.2) is 0 Å². The van der Waals surface area contributed by atoms with E-state index >= 15 is 0 Å². The van der Waals surface area contributed by atoms with Crippen molar-refractivity contribution in [3.05, 3.63) is 0 Å². The van der Waals surface area contributed by atoms with Gasteiger partial charge in [-0.05, 0) is 98.2 Å². The van der Waals surface area contributed by atoms with E-state index in [1.54, 1.807) is 0 Å². The fourth-order valence-corrected chi connectivity index (χ4v) is 8.04. The van der Waals surface area contributed by atoms with Crippen molar-refractivity contribution < 1.29 is 15.3 Å². The number of hydrogen-bond donors (Lipinski definition) is 3. The van der Waals surface area contributed by atoms with Crippen LogP contribution in [-0.2, 0) is 0 Å². The first-order valence-electron chi connectivity index (χ1n) is 10.4. The summed E-state index contributed by atoms with van der Waals surface area (Å²) in [6.07, 6.45) is 10.0. The molecule has 4 aliphatic rings. The van der Waals surface area contributed by atoms with Crippen LogP contribution in [0.1, 0.15) is 71.6 Å². The molecule has 0 amide bonds. The summed E-state index contributed by atoms with van der Waals surface area (Å²) in [7, 11) is 0. The summed E-state index contributed by atoms with van der Waals surface area (Å²) in [5.74, 6) is 3.34. The minimum absolute atomic E-state index is 0.0657. The van der Waals surface area contributed by atoms with Crippen LogP contribution in [0.2, 0.25) is 0 Å². The number of hydrogen-bond acceptors (Lipinski definition) is 3. The van der Waals surface area contributed by atoms with Crippen LogP contribution >= 0.6 is 0 Å². The van der Waals surface area contributed by atoms with Crippen molar-refractivity contribution in [2.24, 2.45) is 40.4 Å². The van der Waals surface area contributed by atoms with E-state index in [4.69, 9.17) is 0 Å². The third-order valence-electron chi connectivity index (χ3n) is 9.36. The molecule has 9 atom stereocenters. The predicted molar refractivity (Wildman–Crippen MR) is 94.3 cm³/mol. The minimum Gasteiger partial charge on any atom is -0.394 e. The lowest BCUT2D eigenvalue weighted by atomic mass is 9.44. The SMILES string of the molecule is C[C@]12CC[C@H](O)C[C@@H]1CC[C@H]1[C@H]2CC[C@@]2(C)[C@@H]1CC[C@H]2[C@H](O)CO. The minimum atomic E-state index is -0.534. The van der Waals surface area contributed by atoms with Crippen molar-refractivity contribution in [3.63, 3.8) is 0 Å². The lowest BCUT2D eigenvalue weighted by Gasteiger charge is -2.61. The maximum atomic E-state index is 10.3. The molecule has 4 aliphatic carbocycles. The van der Waals surface area contributed by atoms with Crippen molar-refractivity contribution in [2.75, 3.05) is 6.61 Å². The largest absolute Gasteiger partial charge is 0.394 e. The summed E-state index contributed by atoms with van der Waals surface area (Å²) in [6.45, 7) is 4.85. The highest BCUT2D eigenvalue weighted by Crippen LogP contribution is 2.67. The van der Waals surface area contributed by atoms with Gasteiger partial charge >= 0.3 is 0 Å². The van der Waals surface area contributed by atoms with Crippen LogP contribution in [0.25, 0.3) is 0 Å². The highest BCUT2D eigenvalue weighted by molar-refractivity contribution is 5.10. The van der Waals surface area contributed by atoms with Crippen LogP contribution in [0.5, 0.6) is 0 Å². The Bertz CT molecular complexity index is 480. The monoisotopic (exact) mass is 336 g/mol. The topological polar surface area (TPSA) is 60.7 Å². The Hall–Kier alpha value is -0.120. The molecule has 3 nitrogen and oxygen atoms in total. The summed E-state index contributed by atoms with van der Waals surface area (Å²) in [6, 6.07) is 0. The highest BCUT2D eigenvalue weighted by Gasteiger charge is 2.60. The first-order valence-corrected chi connectivity index (χ1v) is 10.4. The number of aliphatic hydroxyl groups excluding tert-OH is 3. The summed E-state index contributed by atoms with van der Waals surface area (Å²) < 4.78 is 0. The summed E-state index contributed by atoms with van der Waals surface area (Å²) in [4.78, 5) is 0. The molecular weight excluding hydrogens is 300 g/mol. The van der Waals surface area contributed by atoms with Crippen molar-refractivity contribution in [3.8, 4) is 0 Å². The van der Waals surface area contributed by atoms with Crippen LogP contribution in [0.15, 0.2) is 0 Å². The molecule has 0 aliphatic heterocycles. The Balaban J connectivity index is 1.59. The second-order valence-electron chi connectivity index (χ2n) is 10.1. The van der Waals surface area contributed by atoms with Gasteiger partial charge in [-0.3, -0.25) is 0 Å². The molecule has 0 aromatic heterocycles. The predicted octanol–water partition coefficient (Wildman–Crippen LogP) is 3.36. The molecule has 4 fully saturated rings. The number of aliphatic hydroxyl groups is 3. The van der Waals surface area contributed by atoms with Gasteiger partial charge in [-0.2, -0.15) is 0 Å². The van der Waals surface area contributed by atoms with E-state index in [1.165, 1.54) is 38.5 Å². The van der Waals surface area contributed by atoms with E-state index in [0.717, 1.165) is 37.0 Å². The highest BCUT2D eigenvalue weighted by atomic mass is 16.3. The smallest absolute Gasteiger partial charge is 0.0804 e. The molecule has 3 N–H and O–H groups in total. The standard InChI is InChI=1S/C21H36O3/c1-20-9-7-14(23)11-13(20)3-4-15-16-5-6-18(19(24)12-22)21(16,2)10-8-17(15)20/h13-19,22-24H,3-12H2,1-2H3/t13-,14-,15+,16+,17+,18-,19+,20-,21-/m0/s1. The average molecular weight is 337 g/mol. The Labute approximate surface area is 146 Å². The maximum Gasteiger partial charge on any atom is 0.0804 e. The Kier molecular flexibility index (Phi) is 4.29. The number of rotatable bonds is 2. The van der Waals surface area contributed by atoms with Crippen molar-refractivity contribution in [2.45, 2.75) is 83.8 Å². The van der Waals surface area contributed by atoms with Gasteiger partial charge in [-0.15, -0.1) is 0 Å². The molecule has 4 saturated carbocycles. The molecule has 4 rings (SSSR count). The molecule has 0 saturated heterocycles. The molecule has 0 radical (unpaired) electrons. The summed E-state index contributed by atoms with van der Waals surface area (Å²) >= 11 is 0. The van der Waals surface area contributed by atoms with Gasteiger partial charge in [0.1, 0.15) is 0 Å². The first kappa shape index (κ1) is 17.3. The van der Waals surface area contributed by atoms with Crippen LogP contribution < -0.4 is 0 Å². The Morgan fingerprint density at radius 3 is 2.38 bits per heavy atom. The van der Waals surface area contributed by atoms with Gasteiger partial charge < -0.3 is 15.3 Å². The van der Waals surface area contributed by atoms with Crippen LogP contribution in [0.4, 0.5) is 0 Å². The third-order valence-corrected chi connectivity index (χ3v) is 9.36. The Morgan fingerprint density at radius 2 is 1.62 bits per heavy atom. The third kappa shape index (κ3) is 2.34. The van der Waals surface area contributed by atoms with Crippen molar-refractivity contribution >= 4 is 0 Å². The maximum absolute atomic E-state index is 10.3. The van der Waals surface area contributed by atoms with Crippen molar-refractivity contribution in [1.82, 2.24) is 0 Å². The second-order valence-corrected chi connectivity index (χ2v) is 10.1. The van der Waals surface area contributed by atoms with Crippen LogP contribution in [-0.4, -0.2) is 34.1 Å². The quantitative estimate of drug-likeness (QED) is 0.724. The molecular formula is C21H36O3. The summed E-state index contributed by atoms with van der Waals surface area (Å²) in [5.41, 5.74) is 0.651. The molecule has 0 unspecified atom stereocenters. The molecule has 0 aromatic rings. The van der Waals surface area contributed by atoms with Crippen LogP contribution in [0, 0.1) is 40.4 Å². The molecule has 0 bridgehead atoms. The zero-order chi connectivity index (χ0) is 17.1. The lowest BCUT2D eigenvalue weighted by molar-refractivity contribution is -0.134. The van der Waals surface area contributed by atoms with Crippen LogP contribution in [0.3, 0.4) is 0 Å². The van der Waals surface area contributed by atoms with E-state index < -0.39 is 6.10 Å². The molecule has 0 spiro atoms. The zero-order valence-corrected chi connectivity index (χ0v) is 15.5. The van der Waals surface area contributed by atoms with Gasteiger partial charge in [0.25, 0.3) is 0 Å². The average Bonchev–Trinajstić information content (AvgIpc) is 2.92. The van der Waals surface area contributed by atoms with Gasteiger partial charge in [0.2, 0.25) is 0 Å². The van der Waals surface area contributed by atoms with E-state index in [1.807, 2.05) is 0 Å². The van der Waals surface area contributed by atoms with Gasteiger partial charge in [-0.1, -0.05) is 13.8 Å². The Morgan fingerprint density at radius 1 is 0.917 bits per heavy atom. The van der Waals surface area contributed by atoms with Crippen molar-refractivity contribution in [1.29, 1.82) is 0 Å². The molecule has 0 heterocycles. The fraction of sp³-hybridized carbons (Fsp3) is 1.00. The molecule has 24 heavy (non-hydrogen) atoms. The van der Waals surface area contributed by atoms with E-state index in [-0.39, 0.29) is 24.0 Å². The second kappa shape index (κ2) is 5.96. The van der Waals surface area contributed by atoms with Gasteiger partial charge in [0.15, 0.2) is 0 Å². The zero-order valence-electron chi connectivity index (χ0n) is 15.5. The van der Waals surface area contributed by atoms with E-state index in [2.05, 4.69) is 13.8 Å². The number of fused-ring (bicyclic) bond motifs is 5. The molecule has 0 aromatic carbocycles. The van der Waals surface area contributed by atoms with Gasteiger partial charge in [0, 0.05) is 0 Å². The van der Waals surface area contributed by atoms with Gasteiger partial charge in [0.05, 0.1) is 18.8 Å². The molecule has 3 heteroatoms. The normalized spacial score (nSPS) is 55.4. The lowest BCUT2D eigenvalue weighted by Crippen LogP contribution is -2.54. The van der Waals surface area contributed by atoms with E-state index in [9.17, 15) is 15.3 Å².